The molecule has 1 unspecified atom stereocenters. The highest BCUT2D eigenvalue weighted by Gasteiger charge is 2.24. The third-order valence-corrected chi connectivity index (χ3v) is 8.08. The minimum atomic E-state index is -0.612. The molecule has 2 aliphatic rings. The van der Waals surface area contributed by atoms with Gasteiger partial charge in [0.2, 0.25) is 0 Å². The van der Waals surface area contributed by atoms with Gasteiger partial charge in [0, 0.05) is 48.8 Å². The summed E-state index contributed by atoms with van der Waals surface area (Å²) in [5, 5.41) is 19.5. The van der Waals surface area contributed by atoms with Gasteiger partial charge in [0.05, 0.1) is 42.7 Å². The summed E-state index contributed by atoms with van der Waals surface area (Å²) in [4.78, 5) is 37.0. The van der Waals surface area contributed by atoms with Crippen LogP contribution in [0.4, 0.5) is 10.2 Å². The molecule has 232 valence electrons. The Bertz CT molecular complexity index is 1870. The number of morpholine rings is 1. The van der Waals surface area contributed by atoms with Crippen molar-refractivity contribution in [2.45, 2.75) is 45.1 Å². The van der Waals surface area contributed by atoms with Crippen molar-refractivity contribution in [3.8, 4) is 5.69 Å². The maximum Gasteiger partial charge on any atom is 0.282 e. The first-order valence-electron chi connectivity index (χ1n) is 14.8. The second kappa shape index (κ2) is 12.3. The van der Waals surface area contributed by atoms with E-state index in [9.17, 15) is 14.7 Å². The van der Waals surface area contributed by atoms with Crippen LogP contribution >= 0.6 is 0 Å². The molecule has 2 aromatic carbocycles. The van der Waals surface area contributed by atoms with E-state index in [-0.39, 0.29) is 29.2 Å². The number of amidine groups is 1. The Morgan fingerprint density at radius 2 is 1.96 bits per heavy atom. The van der Waals surface area contributed by atoms with Crippen LogP contribution in [0.2, 0.25) is 0 Å². The number of hydrogen-bond acceptors (Lipinski definition) is 8. The molecule has 11 nitrogen and oxygen atoms in total. The van der Waals surface area contributed by atoms with Crippen molar-refractivity contribution in [1.82, 2.24) is 25.1 Å². The number of aliphatic imine (C=N–C) groups is 1. The fraction of sp³-hybridized carbons (Fsp3) is 0.333. The van der Waals surface area contributed by atoms with Crippen LogP contribution in [0.25, 0.3) is 16.5 Å². The van der Waals surface area contributed by atoms with Crippen LogP contribution in [0.5, 0.6) is 0 Å². The minimum Gasteiger partial charge on any atom is -0.392 e. The van der Waals surface area contributed by atoms with Gasteiger partial charge in [-0.1, -0.05) is 32.9 Å². The molecule has 2 N–H and O–H groups in total. The molecule has 0 bridgehead atoms. The van der Waals surface area contributed by atoms with E-state index in [1.54, 1.807) is 41.4 Å². The number of pyridine rings is 1. The van der Waals surface area contributed by atoms with E-state index >= 15 is 4.39 Å². The smallest absolute Gasteiger partial charge is 0.282 e. The molecular weight excluding hydrogens is 577 g/mol. The topological polar surface area (TPSA) is 134 Å². The van der Waals surface area contributed by atoms with Crippen LogP contribution < -0.4 is 11.0 Å². The number of nitrogens with one attached hydrogen (secondary N) is 1. The van der Waals surface area contributed by atoms with Crippen molar-refractivity contribution >= 4 is 34.5 Å². The van der Waals surface area contributed by atoms with Crippen LogP contribution in [0.15, 0.2) is 69.7 Å². The summed E-state index contributed by atoms with van der Waals surface area (Å²) in [5.41, 5.74) is 4.79. The van der Waals surface area contributed by atoms with Gasteiger partial charge in [-0.3, -0.25) is 15.0 Å². The number of aromatic nitrogens is 3. The molecule has 6 rings (SSSR count). The first kappa shape index (κ1) is 30.2. The number of halogens is 1. The number of aliphatic hydroxyl groups is 1. The molecule has 1 amide bonds. The van der Waals surface area contributed by atoms with E-state index in [4.69, 9.17) is 4.74 Å². The van der Waals surface area contributed by atoms with Crippen molar-refractivity contribution < 1.29 is 19.0 Å². The summed E-state index contributed by atoms with van der Waals surface area (Å²) < 4.78 is 21.8. The number of carbonyl (C=O) groups is 1. The van der Waals surface area contributed by atoms with Crippen molar-refractivity contribution in [3.05, 3.63) is 93.3 Å². The molecule has 0 saturated carbocycles. The monoisotopic (exact) mass is 611 g/mol. The lowest BCUT2D eigenvalue weighted by Crippen LogP contribution is -2.40. The second-order valence-corrected chi connectivity index (χ2v) is 12.1. The summed E-state index contributed by atoms with van der Waals surface area (Å²) >= 11 is 0. The molecule has 4 aromatic rings. The zero-order valence-electron chi connectivity index (χ0n) is 25.3. The van der Waals surface area contributed by atoms with E-state index in [1.807, 2.05) is 26.8 Å². The van der Waals surface area contributed by atoms with E-state index < -0.39 is 11.4 Å². The fourth-order valence-electron chi connectivity index (χ4n) is 5.58. The lowest BCUT2D eigenvalue weighted by Gasteiger charge is -2.26. The Kier molecular flexibility index (Phi) is 8.26. The van der Waals surface area contributed by atoms with Crippen molar-refractivity contribution in [2.24, 2.45) is 10.1 Å². The van der Waals surface area contributed by atoms with Gasteiger partial charge >= 0.3 is 0 Å². The average molecular weight is 612 g/mol. The van der Waals surface area contributed by atoms with Gasteiger partial charge in [-0.05, 0) is 46.9 Å². The molecular formula is C33H34FN7O4. The molecule has 1 atom stereocenters. The zero-order chi connectivity index (χ0) is 31.7. The normalized spacial score (nSPS) is 17.9. The van der Waals surface area contributed by atoms with Gasteiger partial charge in [-0.25, -0.2) is 14.4 Å². The van der Waals surface area contributed by atoms with Crippen molar-refractivity contribution in [2.75, 3.05) is 26.3 Å². The Labute approximate surface area is 259 Å². The number of aliphatic hydroxyl groups excluding tert-OH is 1. The molecule has 4 heterocycles. The third-order valence-electron chi connectivity index (χ3n) is 8.08. The lowest BCUT2D eigenvalue weighted by molar-refractivity contribution is 0.0302. The second-order valence-electron chi connectivity index (χ2n) is 12.1. The van der Waals surface area contributed by atoms with Gasteiger partial charge in [0.1, 0.15) is 11.7 Å². The average Bonchev–Trinajstić information content (AvgIpc) is 3.04. The molecule has 45 heavy (non-hydrogen) atoms. The molecule has 1 saturated heterocycles. The molecule has 0 aliphatic carbocycles. The Morgan fingerprint density at radius 1 is 1.16 bits per heavy atom. The summed E-state index contributed by atoms with van der Waals surface area (Å²) in [7, 11) is 0. The first-order valence-corrected chi connectivity index (χ1v) is 14.8. The predicted octanol–water partition coefficient (Wildman–Crippen LogP) is 3.97. The maximum atomic E-state index is 15.3. The number of amides is 1. The van der Waals surface area contributed by atoms with E-state index in [1.165, 1.54) is 18.5 Å². The summed E-state index contributed by atoms with van der Waals surface area (Å²) in [6.07, 6.45) is 5.10. The number of hydrogen-bond donors (Lipinski definition) is 2. The molecule has 0 spiro atoms. The van der Waals surface area contributed by atoms with Crippen molar-refractivity contribution in [1.29, 1.82) is 0 Å². The number of benzene rings is 2. The molecule has 2 aliphatic heterocycles. The largest absolute Gasteiger partial charge is 0.392 e. The summed E-state index contributed by atoms with van der Waals surface area (Å²) in [5.74, 6) is -0.0599. The number of ether oxygens (including phenoxy) is 1. The molecule has 0 radical (unpaired) electrons. The van der Waals surface area contributed by atoms with Crippen LogP contribution in [0.1, 0.15) is 60.2 Å². The highest BCUT2D eigenvalue weighted by molar-refractivity contribution is 5.95. The van der Waals surface area contributed by atoms with Gasteiger partial charge in [0.15, 0.2) is 5.82 Å². The van der Waals surface area contributed by atoms with Crippen LogP contribution in [0, 0.1) is 5.82 Å². The highest BCUT2D eigenvalue weighted by atomic mass is 19.1. The Balaban J connectivity index is 1.28. The lowest BCUT2D eigenvalue weighted by atomic mass is 9.86. The SMILES string of the molecule is CC(C)(C)c1cc(F)c2c(=O)n(-c3cccc(C4C=NNC(=Nc5ccc(C(=O)N6CCOCC6)cn5)C4)c3CO)ncc2c1. The molecule has 2 aromatic heterocycles. The first-order chi connectivity index (χ1) is 21.6. The van der Waals surface area contributed by atoms with Gasteiger partial charge in [0.25, 0.3) is 11.5 Å². The maximum absolute atomic E-state index is 15.3. The van der Waals surface area contributed by atoms with Crippen LogP contribution in [-0.2, 0) is 16.8 Å². The quantitative estimate of drug-likeness (QED) is 0.349. The van der Waals surface area contributed by atoms with Crippen molar-refractivity contribution in [3.63, 3.8) is 0 Å². The van der Waals surface area contributed by atoms with Gasteiger partial charge in [-0.2, -0.15) is 14.9 Å². The standard InChI is InChI=1S/C33H34FN7O4/c1-33(2,3)23-13-22-18-37-41(32(44)30(22)26(34)15-23)27-6-4-5-24(25(27)19-42)21-14-29(39-36-17-21)38-28-8-7-20(16-35-28)31(43)40-9-11-45-12-10-40/h4-8,13,15-18,21,42H,9-12,14,19H2,1-3H3,(H,35,38,39). The summed E-state index contributed by atoms with van der Waals surface area (Å²) in [6.45, 7) is 7.68. The number of nitrogens with zero attached hydrogens (tertiary/aromatic N) is 6. The minimum absolute atomic E-state index is 0.0599. The Morgan fingerprint density at radius 3 is 2.67 bits per heavy atom. The van der Waals surface area contributed by atoms with Gasteiger partial charge < -0.3 is 14.7 Å². The predicted molar refractivity (Wildman–Crippen MR) is 169 cm³/mol. The Hall–Kier alpha value is -4.81. The van der Waals surface area contributed by atoms with Gasteiger partial charge in [-0.15, -0.1) is 0 Å². The van der Waals surface area contributed by atoms with Crippen LogP contribution in [-0.4, -0.2) is 69.0 Å². The number of fused-ring (bicyclic) bond motifs is 1. The fourth-order valence-corrected chi connectivity index (χ4v) is 5.58. The number of carbonyl (C=O) groups excluding carboxylic acids is 1. The number of rotatable bonds is 5. The van der Waals surface area contributed by atoms with E-state index in [2.05, 4.69) is 25.6 Å². The zero-order valence-corrected chi connectivity index (χ0v) is 25.3. The molecule has 1 fully saturated rings. The van der Waals surface area contributed by atoms with E-state index in [0.29, 0.717) is 66.6 Å². The van der Waals surface area contributed by atoms with Crippen LogP contribution in [0.3, 0.4) is 0 Å². The summed E-state index contributed by atoms with van der Waals surface area (Å²) in [6, 6.07) is 11.8. The van der Waals surface area contributed by atoms with E-state index in [0.717, 1.165) is 15.8 Å². The third kappa shape index (κ3) is 6.11. The number of hydrazone groups is 1. The molecule has 12 heteroatoms. The highest BCUT2D eigenvalue weighted by Crippen LogP contribution is 2.30.